The van der Waals surface area contributed by atoms with E-state index in [0.29, 0.717) is 33.6 Å². The van der Waals surface area contributed by atoms with Crippen molar-refractivity contribution < 1.29 is 9.18 Å². The highest BCUT2D eigenvalue weighted by Gasteiger charge is 2.26. The van der Waals surface area contributed by atoms with Crippen molar-refractivity contribution in [2.24, 2.45) is 0 Å². The minimum atomic E-state index is -0.383. The third-order valence-electron chi connectivity index (χ3n) is 6.91. The molecule has 6 nitrogen and oxygen atoms in total. The van der Waals surface area contributed by atoms with Gasteiger partial charge in [-0.15, -0.1) is 0 Å². The maximum atomic E-state index is 15.1. The summed E-state index contributed by atoms with van der Waals surface area (Å²) in [6, 6.07) is 10.8. The second-order valence-corrected chi connectivity index (χ2v) is 9.00. The van der Waals surface area contributed by atoms with Crippen molar-refractivity contribution in [3.05, 3.63) is 87.3 Å². The Hall–Kier alpha value is -4.13. The Morgan fingerprint density at radius 2 is 1.91 bits per heavy atom. The van der Waals surface area contributed by atoms with E-state index in [9.17, 15) is 9.59 Å². The molecule has 170 valence electrons. The molecule has 5 aromatic rings. The highest BCUT2D eigenvalue weighted by atomic mass is 19.1. The Balaban J connectivity index is 1.67. The number of aromatic amines is 2. The number of Topliss-reactive ketones (excluding diaryl/α,β-unsaturated/α-hetero) is 1. The lowest BCUT2D eigenvalue weighted by Crippen LogP contribution is -2.13. The van der Waals surface area contributed by atoms with Gasteiger partial charge in [0.15, 0.2) is 5.78 Å². The number of halogens is 1. The monoisotopic (exact) mass is 454 g/mol. The zero-order valence-corrected chi connectivity index (χ0v) is 18.7. The molecular formula is C27H23FN4O2. The second-order valence-electron chi connectivity index (χ2n) is 9.00. The van der Waals surface area contributed by atoms with Gasteiger partial charge in [0.2, 0.25) is 0 Å². The first kappa shape index (κ1) is 20.5. The molecule has 0 spiro atoms. The molecule has 1 aliphatic carbocycles. The molecule has 0 radical (unpaired) electrons. The number of H-pyrrole nitrogens is 2. The number of fused-ring (bicyclic) bond motifs is 3. The number of ketones is 1. The highest BCUT2D eigenvalue weighted by Crippen LogP contribution is 2.38. The zero-order chi connectivity index (χ0) is 23.6. The predicted octanol–water partition coefficient (Wildman–Crippen LogP) is 4.94. The summed E-state index contributed by atoms with van der Waals surface area (Å²) in [6.07, 6.45) is 6.22. The van der Waals surface area contributed by atoms with E-state index in [1.165, 1.54) is 24.1 Å². The number of aryl methyl sites for hydroxylation is 2. The Kier molecular flexibility index (Phi) is 4.49. The third-order valence-corrected chi connectivity index (χ3v) is 6.91. The standard InChI is InChI=1S/C27H23FN4O2/c1-14(33)26-25(18-6-3-7-30-27(18)34)20-8-15-4-2-5-16(15)10-24(20)32(26)13-17-9-19-22(29)12-31-23(19)11-21(17)28/h3,6-12,31H,2,4-5,13,29H2,1H3,(H,30,34). The summed E-state index contributed by atoms with van der Waals surface area (Å²) in [5.41, 5.74) is 12.1. The summed E-state index contributed by atoms with van der Waals surface area (Å²) in [5, 5.41) is 1.57. The molecule has 3 aromatic heterocycles. The molecule has 0 atom stereocenters. The molecule has 3 heterocycles. The molecule has 6 rings (SSSR count). The van der Waals surface area contributed by atoms with Crippen LogP contribution in [0.15, 0.2) is 53.6 Å². The van der Waals surface area contributed by atoms with Gasteiger partial charge in [-0.1, -0.05) is 0 Å². The van der Waals surface area contributed by atoms with Gasteiger partial charge < -0.3 is 20.3 Å². The van der Waals surface area contributed by atoms with Crippen LogP contribution < -0.4 is 11.3 Å². The van der Waals surface area contributed by atoms with Gasteiger partial charge in [0, 0.05) is 52.3 Å². The number of nitrogen functional groups attached to an aromatic ring is 1. The van der Waals surface area contributed by atoms with E-state index < -0.39 is 0 Å². The zero-order valence-electron chi connectivity index (χ0n) is 18.7. The van der Waals surface area contributed by atoms with Gasteiger partial charge in [-0.05, 0) is 66.8 Å². The van der Waals surface area contributed by atoms with E-state index in [4.69, 9.17) is 5.73 Å². The van der Waals surface area contributed by atoms with Crippen molar-refractivity contribution in [1.82, 2.24) is 14.5 Å². The van der Waals surface area contributed by atoms with Crippen molar-refractivity contribution in [3.8, 4) is 11.1 Å². The fraction of sp³-hybridized carbons (Fsp3) is 0.185. The van der Waals surface area contributed by atoms with E-state index >= 15 is 4.39 Å². The van der Waals surface area contributed by atoms with Crippen LogP contribution in [0.25, 0.3) is 32.9 Å². The molecule has 0 unspecified atom stereocenters. The Morgan fingerprint density at radius 3 is 2.68 bits per heavy atom. The molecular weight excluding hydrogens is 431 g/mol. The average molecular weight is 455 g/mol. The number of benzene rings is 2. The summed E-state index contributed by atoms with van der Waals surface area (Å²) in [4.78, 5) is 31.5. The first-order valence-corrected chi connectivity index (χ1v) is 11.3. The molecule has 0 aliphatic heterocycles. The Bertz CT molecular complexity index is 1690. The summed E-state index contributed by atoms with van der Waals surface area (Å²) in [6.45, 7) is 1.63. The summed E-state index contributed by atoms with van der Waals surface area (Å²) < 4.78 is 17.0. The van der Waals surface area contributed by atoms with Crippen LogP contribution >= 0.6 is 0 Å². The number of nitrogens with zero attached hydrogens (tertiary/aromatic N) is 1. The number of rotatable bonds is 4. The van der Waals surface area contributed by atoms with Crippen LogP contribution in [0.2, 0.25) is 0 Å². The molecule has 2 aromatic carbocycles. The Labute approximate surface area is 194 Å². The number of hydrogen-bond acceptors (Lipinski definition) is 3. The summed E-state index contributed by atoms with van der Waals surface area (Å²) in [5.74, 6) is -0.566. The number of nitrogens with two attached hydrogens (primary N) is 1. The first-order chi connectivity index (χ1) is 16.4. The molecule has 0 saturated heterocycles. The van der Waals surface area contributed by atoms with Crippen molar-refractivity contribution in [2.45, 2.75) is 32.7 Å². The van der Waals surface area contributed by atoms with Crippen LogP contribution in [-0.2, 0) is 19.4 Å². The number of pyridine rings is 1. The van der Waals surface area contributed by atoms with E-state index in [0.717, 1.165) is 35.6 Å². The van der Waals surface area contributed by atoms with Gasteiger partial charge >= 0.3 is 0 Å². The summed E-state index contributed by atoms with van der Waals surface area (Å²) >= 11 is 0. The van der Waals surface area contributed by atoms with Crippen molar-refractivity contribution in [2.75, 3.05) is 5.73 Å². The topological polar surface area (TPSA) is 96.7 Å². The molecule has 1 aliphatic rings. The molecule has 34 heavy (non-hydrogen) atoms. The van der Waals surface area contributed by atoms with Crippen LogP contribution in [0.5, 0.6) is 0 Å². The molecule has 0 fully saturated rings. The number of anilines is 1. The van der Waals surface area contributed by atoms with E-state index in [1.807, 2.05) is 4.57 Å². The van der Waals surface area contributed by atoms with E-state index in [2.05, 4.69) is 22.1 Å². The van der Waals surface area contributed by atoms with Gasteiger partial charge in [-0.3, -0.25) is 9.59 Å². The smallest absolute Gasteiger partial charge is 0.255 e. The number of aromatic nitrogens is 3. The number of hydrogen-bond donors (Lipinski definition) is 3. The van der Waals surface area contributed by atoms with Crippen molar-refractivity contribution >= 4 is 33.3 Å². The molecule has 0 saturated carbocycles. The second kappa shape index (κ2) is 7.45. The average Bonchev–Trinajstić information content (AvgIpc) is 3.49. The minimum absolute atomic E-state index is 0.140. The van der Waals surface area contributed by atoms with Gasteiger partial charge in [-0.25, -0.2) is 4.39 Å². The maximum Gasteiger partial charge on any atom is 0.255 e. The van der Waals surface area contributed by atoms with E-state index in [1.54, 1.807) is 30.6 Å². The van der Waals surface area contributed by atoms with Gasteiger partial charge in [-0.2, -0.15) is 0 Å². The quantitative estimate of drug-likeness (QED) is 0.336. The normalized spacial score (nSPS) is 13.1. The van der Waals surface area contributed by atoms with Crippen LogP contribution in [0.4, 0.5) is 10.1 Å². The van der Waals surface area contributed by atoms with Gasteiger partial charge in [0.25, 0.3) is 5.56 Å². The SMILES string of the molecule is CC(=O)c1c(-c2ccc[nH]c2=O)c2cc3c(cc2n1Cc1cc2c(N)c[nH]c2cc1F)CCC3. The summed E-state index contributed by atoms with van der Waals surface area (Å²) in [7, 11) is 0. The molecule has 7 heteroatoms. The fourth-order valence-corrected chi connectivity index (χ4v) is 5.34. The minimum Gasteiger partial charge on any atom is -0.397 e. The maximum absolute atomic E-state index is 15.1. The van der Waals surface area contributed by atoms with Crippen LogP contribution in [0, 0.1) is 5.82 Å². The number of carbonyl (C=O) groups is 1. The van der Waals surface area contributed by atoms with Crippen LogP contribution in [-0.4, -0.2) is 20.3 Å². The van der Waals surface area contributed by atoms with Gasteiger partial charge in [0.05, 0.1) is 23.4 Å². The van der Waals surface area contributed by atoms with Crippen molar-refractivity contribution in [1.29, 1.82) is 0 Å². The lowest BCUT2D eigenvalue weighted by molar-refractivity contribution is 0.101. The number of carbonyl (C=O) groups excluding carboxylic acids is 1. The lowest BCUT2D eigenvalue weighted by Gasteiger charge is -2.12. The fourth-order valence-electron chi connectivity index (χ4n) is 5.34. The molecule has 0 bridgehead atoms. The van der Waals surface area contributed by atoms with E-state index in [-0.39, 0.29) is 23.7 Å². The lowest BCUT2D eigenvalue weighted by atomic mass is 9.99. The van der Waals surface area contributed by atoms with Gasteiger partial charge in [0.1, 0.15) is 5.82 Å². The largest absolute Gasteiger partial charge is 0.397 e. The molecule has 0 amide bonds. The van der Waals surface area contributed by atoms with Crippen LogP contribution in [0.1, 0.15) is 40.5 Å². The number of nitrogens with one attached hydrogen (secondary N) is 2. The highest BCUT2D eigenvalue weighted by molar-refractivity contribution is 6.10. The molecule has 4 N–H and O–H groups in total. The predicted molar refractivity (Wildman–Crippen MR) is 132 cm³/mol. The third kappa shape index (κ3) is 3.00. The van der Waals surface area contributed by atoms with Crippen molar-refractivity contribution in [3.63, 3.8) is 0 Å². The first-order valence-electron chi connectivity index (χ1n) is 11.3. The van der Waals surface area contributed by atoms with Crippen LogP contribution in [0.3, 0.4) is 0 Å². The Morgan fingerprint density at radius 1 is 1.12 bits per heavy atom.